The molecule has 1 heterocycles. The van der Waals surface area contributed by atoms with Crippen molar-refractivity contribution in [2.24, 2.45) is 0 Å². The summed E-state index contributed by atoms with van der Waals surface area (Å²) >= 11 is 6.04. The summed E-state index contributed by atoms with van der Waals surface area (Å²) in [4.78, 5) is 0.226. The molecule has 4 nitrogen and oxygen atoms in total. The highest BCUT2D eigenvalue weighted by molar-refractivity contribution is 7.89. The summed E-state index contributed by atoms with van der Waals surface area (Å²) in [5.74, 6) is 0.477. The number of piperidine rings is 1. The summed E-state index contributed by atoms with van der Waals surface area (Å²) in [7, 11) is -2.01. The molecule has 1 saturated heterocycles. The Morgan fingerprint density at radius 2 is 1.85 bits per heavy atom. The fraction of sp³-hybridized carbons (Fsp3) is 0.571. The van der Waals surface area contributed by atoms with E-state index in [9.17, 15) is 8.42 Å². The maximum atomic E-state index is 12.8. The van der Waals surface area contributed by atoms with E-state index in [-0.39, 0.29) is 17.0 Å². The molecule has 1 fully saturated rings. The zero-order chi connectivity index (χ0) is 14.9. The number of ether oxygens (including phenoxy) is 1. The molecule has 0 N–H and O–H groups in total. The molecule has 0 amide bonds. The van der Waals surface area contributed by atoms with Gasteiger partial charge in [-0.3, -0.25) is 0 Å². The first kappa shape index (κ1) is 15.6. The Morgan fingerprint density at radius 3 is 2.35 bits per heavy atom. The number of rotatable bonds is 3. The number of benzene rings is 1. The van der Waals surface area contributed by atoms with Gasteiger partial charge in [-0.2, -0.15) is 4.31 Å². The van der Waals surface area contributed by atoms with Gasteiger partial charge in [-0.25, -0.2) is 8.42 Å². The molecule has 1 aromatic carbocycles. The van der Waals surface area contributed by atoms with Crippen molar-refractivity contribution < 1.29 is 13.2 Å². The van der Waals surface area contributed by atoms with Gasteiger partial charge >= 0.3 is 0 Å². The van der Waals surface area contributed by atoms with E-state index in [2.05, 4.69) is 0 Å². The average Bonchev–Trinajstić information content (AvgIpc) is 2.38. The Kier molecular flexibility index (Phi) is 4.62. The van der Waals surface area contributed by atoms with E-state index in [1.165, 1.54) is 13.2 Å². The second-order valence-corrected chi connectivity index (χ2v) is 7.51. The van der Waals surface area contributed by atoms with E-state index in [0.29, 0.717) is 10.8 Å². The highest BCUT2D eigenvalue weighted by Gasteiger charge is 2.35. The molecule has 0 aliphatic carbocycles. The van der Waals surface area contributed by atoms with Crippen molar-refractivity contribution in [3.63, 3.8) is 0 Å². The SMILES string of the molecule is COc1ccc(S(=O)(=O)N2C(C)CCCC2C)cc1Cl. The van der Waals surface area contributed by atoms with Gasteiger partial charge in [0.25, 0.3) is 0 Å². The van der Waals surface area contributed by atoms with Crippen molar-refractivity contribution in [2.45, 2.75) is 50.1 Å². The smallest absolute Gasteiger partial charge is 0.243 e. The number of nitrogens with zero attached hydrogens (tertiary/aromatic N) is 1. The molecule has 112 valence electrons. The van der Waals surface area contributed by atoms with Gasteiger partial charge in [0.05, 0.1) is 17.0 Å². The van der Waals surface area contributed by atoms with Crippen LogP contribution in [0.1, 0.15) is 33.1 Å². The summed E-state index contributed by atoms with van der Waals surface area (Å²) in [6, 6.07) is 4.64. The van der Waals surface area contributed by atoms with Crippen molar-refractivity contribution in [3.05, 3.63) is 23.2 Å². The van der Waals surface area contributed by atoms with Crippen LogP contribution in [0.15, 0.2) is 23.1 Å². The Morgan fingerprint density at radius 1 is 1.25 bits per heavy atom. The lowest BCUT2D eigenvalue weighted by Crippen LogP contribution is -2.47. The van der Waals surface area contributed by atoms with Gasteiger partial charge in [0.1, 0.15) is 5.75 Å². The Balaban J connectivity index is 2.41. The third-order valence-corrected chi connectivity index (χ3v) is 6.23. The summed E-state index contributed by atoms with van der Waals surface area (Å²) in [6.45, 7) is 3.91. The number of methoxy groups -OCH3 is 1. The van der Waals surface area contributed by atoms with Crippen LogP contribution in [0.2, 0.25) is 5.02 Å². The molecular weight excluding hydrogens is 298 g/mol. The van der Waals surface area contributed by atoms with Crippen LogP contribution in [0.25, 0.3) is 0 Å². The summed E-state index contributed by atoms with van der Waals surface area (Å²) < 4.78 is 32.2. The van der Waals surface area contributed by atoms with E-state index in [0.717, 1.165) is 19.3 Å². The van der Waals surface area contributed by atoms with E-state index in [1.54, 1.807) is 16.4 Å². The predicted molar refractivity (Wildman–Crippen MR) is 79.8 cm³/mol. The molecule has 0 saturated carbocycles. The number of hydrogen-bond acceptors (Lipinski definition) is 3. The van der Waals surface area contributed by atoms with Crippen LogP contribution in [0.5, 0.6) is 5.75 Å². The average molecular weight is 318 g/mol. The molecule has 1 aliphatic rings. The third kappa shape index (κ3) is 2.80. The zero-order valence-electron chi connectivity index (χ0n) is 12.0. The molecule has 1 aromatic rings. The maximum absolute atomic E-state index is 12.8. The maximum Gasteiger partial charge on any atom is 0.243 e. The fourth-order valence-electron chi connectivity index (χ4n) is 2.80. The minimum atomic E-state index is -3.51. The fourth-order valence-corrected chi connectivity index (χ4v) is 5.03. The first-order valence-electron chi connectivity index (χ1n) is 6.75. The van der Waals surface area contributed by atoms with Crippen molar-refractivity contribution in [2.75, 3.05) is 7.11 Å². The van der Waals surface area contributed by atoms with Crippen LogP contribution in [0, 0.1) is 0 Å². The van der Waals surface area contributed by atoms with Crippen LogP contribution in [-0.4, -0.2) is 31.9 Å². The molecule has 1 aliphatic heterocycles. The summed E-state index contributed by atoms with van der Waals surface area (Å²) in [6.07, 6.45) is 2.86. The van der Waals surface area contributed by atoms with Crippen molar-refractivity contribution in [1.29, 1.82) is 0 Å². The minimum absolute atomic E-state index is 0.0182. The van der Waals surface area contributed by atoms with Crippen LogP contribution in [0.4, 0.5) is 0 Å². The summed E-state index contributed by atoms with van der Waals surface area (Å²) in [5.41, 5.74) is 0. The van der Waals surface area contributed by atoms with E-state index < -0.39 is 10.0 Å². The largest absolute Gasteiger partial charge is 0.495 e. The van der Waals surface area contributed by atoms with Gasteiger partial charge < -0.3 is 4.74 Å². The first-order valence-corrected chi connectivity index (χ1v) is 8.57. The highest BCUT2D eigenvalue weighted by atomic mass is 35.5. The number of halogens is 1. The minimum Gasteiger partial charge on any atom is -0.495 e. The third-order valence-electron chi connectivity index (χ3n) is 3.81. The molecule has 20 heavy (non-hydrogen) atoms. The lowest BCUT2D eigenvalue weighted by atomic mass is 10.0. The van der Waals surface area contributed by atoms with Crippen molar-refractivity contribution in [3.8, 4) is 5.75 Å². The second kappa shape index (κ2) is 5.92. The van der Waals surface area contributed by atoms with Gasteiger partial charge in [0.2, 0.25) is 10.0 Å². The van der Waals surface area contributed by atoms with E-state index >= 15 is 0 Å². The van der Waals surface area contributed by atoms with E-state index in [4.69, 9.17) is 16.3 Å². The molecule has 0 radical (unpaired) electrons. The van der Waals surface area contributed by atoms with Gasteiger partial charge in [0.15, 0.2) is 0 Å². The van der Waals surface area contributed by atoms with Gasteiger partial charge in [-0.15, -0.1) is 0 Å². The second-order valence-electron chi connectivity index (χ2n) is 5.26. The Hall–Kier alpha value is -0.780. The lowest BCUT2D eigenvalue weighted by molar-refractivity contribution is 0.204. The zero-order valence-corrected chi connectivity index (χ0v) is 13.5. The molecule has 0 bridgehead atoms. The van der Waals surface area contributed by atoms with E-state index in [1.807, 2.05) is 13.8 Å². The molecule has 0 aromatic heterocycles. The van der Waals surface area contributed by atoms with Crippen LogP contribution >= 0.6 is 11.6 Å². The number of hydrogen-bond donors (Lipinski definition) is 0. The van der Waals surface area contributed by atoms with Crippen LogP contribution in [0.3, 0.4) is 0 Å². The Bertz CT molecular complexity index is 578. The van der Waals surface area contributed by atoms with Crippen molar-refractivity contribution >= 4 is 21.6 Å². The van der Waals surface area contributed by atoms with Gasteiger partial charge in [-0.1, -0.05) is 18.0 Å². The molecule has 0 spiro atoms. The molecule has 2 unspecified atom stereocenters. The summed E-state index contributed by atoms with van der Waals surface area (Å²) in [5, 5.41) is 0.311. The lowest BCUT2D eigenvalue weighted by Gasteiger charge is -2.37. The van der Waals surface area contributed by atoms with Crippen LogP contribution < -0.4 is 4.74 Å². The first-order chi connectivity index (χ1) is 9.37. The van der Waals surface area contributed by atoms with Crippen LogP contribution in [-0.2, 0) is 10.0 Å². The van der Waals surface area contributed by atoms with Gasteiger partial charge in [0, 0.05) is 12.1 Å². The quantitative estimate of drug-likeness (QED) is 0.859. The molecule has 6 heteroatoms. The molecular formula is C14H20ClNO3S. The Labute approximate surface area is 125 Å². The van der Waals surface area contributed by atoms with Crippen molar-refractivity contribution in [1.82, 2.24) is 4.31 Å². The monoisotopic (exact) mass is 317 g/mol. The predicted octanol–water partition coefficient (Wildman–Crippen LogP) is 3.30. The highest BCUT2D eigenvalue weighted by Crippen LogP contribution is 2.32. The molecule has 2 rings (SSSR count). The molecule has 2 atom stereocenters. The standard InChI is InChI=1S/C14H20ClNO3S/c1-10-5-4-6-11(2)16(10)20(17,18)12-7-8-14(19-3)13(15)9-12/h7-11H,4-6H2,1-3H3. The number of sulfonamides is 1. The topological polar surface area (TPSA) is 46.6 Å². The van der Waals surface area contributed by atoms with Gasteiger partial charge in [-0.05, 0) is 44.9 Å². The normalized spacial score (nSPS) is 24.6.